The van der Waals surface area contributed by atoms with Crippen LogP contribution in [0.5, 0.6) is 11.5 Å². The van der Waals surface area contributed by atoms with Gasteiger partial charge in [-0.3, -0.25) is 9.59 Å². The van der Waals surface area contributed by atoms with Crippen LogP contribution >= 0.6 is 0 Å². The first-order valence-electron chi connectivity index (χ1n) is 11.0. The Balaban J connectivity index is 1.89. The van der Waals surface area contributed by atoms with Gasteiger partial charge >= 0.3 is 0 Å². The van der Waals surface area contributed by atoms with Gasteiger partial charge in [0.2, 0.25) is 0 Å². The Morgan fingerprint density at radius 1 is 0.735 bits per heavy atom. The highest BCUT2D eigenvalue weighted by molar-refractivity contribution is 6.46. The van der Waals surface area contributed by atoms with Crippen molar-refractivity contribution in [1.82, 2.24) is 0 Å². The van der Waals surface area contributed by atoms with E-state index in [-0.39, 0.29) is 11.6 Å². The lowest BCUT2D eigenvalue weighted by molar-refractivity contribution is -0.120. The van der Waals surface area contributed by atoms with Crippen LogP contribution in [-0.4, -0.2) is 26.0 Å². The molecule has 3 aromatic carbocycles. The number of aryl methyl sites for hydroxylation is 4. The molecule has 6 heteroatoms. The van der Waals surface area contributed by atoms with Gasteiger partial charge < -0.3 is 14.8 Å². The normalized spacial score (nSPS) is 13.5. The topological polar surface area (TPSA) is 67.9 Å². The van der Waals surface area contributed by atoms with Gasteiger partial charge in [-0.1, -0.05) is 24.3 Å². The van der Waals surface area contributed by atoms with Crippen molar-refractivity contribution in [3.05, 3.63) is 88.1 Å². The maximum atomic E-state index is 13.8. The number of benzene rings is 3. The number of anilines is 2. The summed E-state index contributed by atoms with van der Waals surface area (Å²) in [7, 11) is 3.12. The third-order valence-electron chi connectivity index (χ3n) is 6.01. The molecule has 174 valence electrons. The smallest absolute Gasteiger partial charge is 0.282 e. The zero-order valence-electron chi connectivity index (χ0n) is 20.3. The summed E-state index contributed by atoms with van der Waals surface area (Å²) in [6.45, 7) is 7.89. The quantitative estimate of drug-likeness (QED) is 0.508. The molecule has 1 aliphatic heterocycles. The molecule has 34 heavy (non-hydrogen) atoms. The predicted octanol–water partition coefficient (Wildman–Crippen LogP) is 5.33. The van der Waals surface area contributed by atoms with Crippen LogP contribution in [0.2, 0.25) is 0 Å². The van der Waals surface area contributed by atoms with Crippen LogP contribution in [0.25, 0.3) is 5.57 Å². The van der Waals surface area contributed by atoms with E-state index in [0.29, 0.717) is 34.0 Å². The zero-order chi connectivity index (χ0) is 24.6. The standard InChI is InChI=1S/C28H28N2O4/c1-16-11-17(2)13-21(12-16)30-27(31)25(20-8-7-18(3)19(4)14-20)26(28(30)32)29-23-15-22(33-5)9-10-24(23)34-6/h7-15,29H,1-6H3. The van der Waals surface area contributed by atoms with E-state index in [0.717, 1.165) is 22.3 Å². The summed E-state index contributed by atoms with van der Waals surface area (Å²) in [6.07, 6.45) is 0. The van der Waals surface area contributed by atoms with E-state index < -0.39 is 5.91 Å². The van der Waals surface area contributed by atoms with E-state index in [9.17, 15) is 9.59 Å². The first-order valence-corrected chi connectivity index (χ1v) is 11.0. The third kappa shape index (κ3) is 4.15. The molecular formula is C28H28N2O4. The number of ether oxygens (including phenoxy) is 2. The Labute approximate surface area is 199 Å². The second-order valence-corrected chi connectivity index (χ2v) is 8.53. The second-order valence-electron chi connectivity index (χ2n) is 8.53. The Hall–Kier alpha value is -4.06. The largest absolute Gasteiger partial charge is 0.497 e. The molecule has 0 unspecified atom stereocenters. The zero-order valence-corrected chi connectivity index (χ0v) is 20.3. The molecule has 2 amide bonds. The highest BCUT2D eigenvalue weighted by atomic mass is 16.5. The number of methoxy groups -OCH3 is 2. The highest BCUT2D eigenvalue weighted by Gasteiger charge is 2.40. The second kappa shape index (κ2) is 9.06. The molecule has 1 aliphatic rings. The molecule has 0 aliphatic carbocycles. The fourth-order valence-electron chi connectivity index (χ4n) is 4.17. The van der Waals surface area contributed by atoms with Crippen LogP contribution in [-0.2, 0) is 9.59 Å². The van der Waals surface area contributed by atoms with E-state index in [1.807, 2.05) is 64.1 Å². The molecule has 0 fully saturated rings. The molecule has 0 saturated carbocycles. The van der Waals surface area contributed by atoms with E-state index in [1.165, 1.54) is 4.90 Å². The van der Waals surface area contributed by atoms with Crippen LogP contribution in [0.15, 0.2) is 60.3 Å². The average Bonchev–Trinajstić information content (AvgIpc) is 3.04. The van der Waals surface area contributed by atoms with Gasteiger partial charge in [0.25, 0.3) is 11.8 Å². The molecule has 3 aromatic rings. The molecule has 0 spiro atoms. The Kier molecular flexibility index (Phi) is 6.16. The minimum Gasteiger partial charge on any atom is -0.497 e. The first-order chi connectivity index (χ1) is 16.2. The SMILES string of the molecule is COc1ccc(OC)c(NC2=C(c3ccc(C)c(C)c3)C(=O)N(c3cc(C)cc(C)c3)C2=O)c1. The van der Waals surface area contributed by atoms with Gasteiger partial charge in [-0.25, -0.2) is 4.90 Å². The van der Waals surface area contributed by atoms with Gasteiger partial charge in [0.15, 0.2) is 0 Å². The Bertz CT molecular complexity index is 1320. The monoisotopic (exact) mass is 456 g/mol. The summed E-state index contributed by atoms with van der Waals surface area (Å²) >= 11 is 0. The molecule has 6 nitrogen and oxygen atoms in total. The number of carbonyl (C=O) groups excluding carboxylic acids is 2. The van der Waals surface area contributed by atoms with Crippen molar-refractivity contribution in [2.24, 2.45) is 0 Å². The van der Waals surface area contributed by atoms with Gasteiger partial charge in [0.1, 0.15) is 17.2 Å². The van der Waals surface area contributed by atoms with Crippen LogP contribution in [0.3, 0.4) is 0 Å². The van der Waals surface area contributed by atoms with E-state index in [1.54, 1.807) is 32.4 Å². The lowest BCUT2D eigenvalue weighted by atomic mass is 9.99. The molecule has 0 saturated heterocycles. The number of nitrogens with zero attached hydrogens (tertiary/aromatic N) is 1. The Morgan fingerprint density at radius 2 is 1.44 bits per heavy atom. The summed E-state index contributed by atoms with van der Waals surface area (Å²) in [6, 6.07) is 16.7. The molecule has 4 rings (SSSR count). The van der Waals surface area contributed by atoms with Crippen LogP contribution in [0.1, 0.15) is 27.8 Å². The van der Waals surface area contributed by atoms with Gasteiger partial charge in [-0.05, 0) is 79.8 Å². The first kappa shape index (κ1) is 23.1. The summed E-state index contributed by atoms with van der Waals surface area (Å²) in [5.74, 6) is 0.327. The van der Waals surface area contributed by atoms with E-state index >= 15 is 0 Å². The minimum absolute atomic E-state index is 0.193. The summed E-state index contributed by atoms with van der Waals surface area (Å²) in [5, 5.41) is 3.19. The molecule has 0 bridgehead atoms. The number of imide groups is 1. The molecule has 0 atom stereocenters. The highest BCUT2D eigenvalue weighted by Crippen LogP contribution is 2.37. The minimum atomic E-state index is -0.423. The Morgan fingerprint density at radius 3 is 2.06 bits per heavy atom. The number of amides is 2. The van der Waals surface area contributed by atoms with Crippen molar-refractivity contribution in [3.63, 3.8) is 0 Å². The van der Waals surface area contributed by atoms with Crippen LogP contribution in [0.4, 0.5) is 11.4 Å². The van der Waals surface area contributed by atoms with Crippen LogP contribution in [0, 0.1) is 27.7 Å². The molecule has 1 heterocycles. The maximum Gasteiger partial charge on any atom is 0.282 e. The lowest BCUT2D eigenvalue weighted by Gasteiger charge is -2.17. The number of carbonyl (C=O) groups is 2. The fourth-order valence-corrected chi connectivity index (χ4v) is 4.17. The average molecular weight is 457 g/mol. The van der Waals surface area contributed by atoms with Gasteiger partial charge in [-0.15, -0.1) is 0 Å². The van der Waals surface area contributed by atoms with Crippen molar-refractivity contribution in [1.29, 1.82) is 0 Å². The number of nitrogens with one attached hydrogen (secondary N) is 1. The van der Waals surface area contributed by atoms with Crippen molar-refractivity contribution in [2.75, 3.05) is 24.4 Å². The molecule has 0 aromatic heterocycles. The van der Waals surface area contributed by atoms with Crippen molar-refractivity contribution >= 4 is 28.8 Å². The number of hydrogen-bond acceptors (Lipinski definition) is 5. The lowest BCUT2D eigenvalue weighted by Crippen LogP contribution is -2.32. The fraction of sp³-hybridized carbons (Fsp3) is 0.214. The molecular weight excluding hydrogens is 428 g/mol. The van der Waals surface area contributed by atoms with Crippen molar-refractivity contribution < 1.29 is 19.1 Å². The summed E-state index contributed by atoms with van der Waals surface area (Å²) < 4.78 is 10.8. The number of rotatable bonds is 6. The maximum absolute atomic E-state index is 13.8. The van der Waals surface area contributed by atoms with Gasteiger partial charge in [0, 0.05) is 6.07 Å². The van der Waals surface area contributed by atoms with Crippen LogP contribution < -0.4 is 19.7 Å². The van der Waals surface area contributed by atoms with Crippen molar-refractivity contribution in [2.45, 2.75) is 27.7 Å². The van der Waals surface area contributed by atoms with E-state index in [4.69, 9.17) is 9.47 Å². The predicted molar refractivity (Wildman–Crippen MR) is 134 cm³/mol. The van der Waals surface area contributed by atoms with Gasteiger partial charge in [-0.2, -0.15) is 0 Å². The van der Waals surface area contributed by atoms with Gasteiger partial charge in [0.05, 0.1) is 31.2 Å². The van der Waals surface area contributed by atoms with Crippen molar-refractivity contribution in [3.8, 4) is 11.5 Å². The molecule has 0 radical (unpaired) electrons. The van der Waals surface area contributed by atoms with E-state index in [2.05, 4.69) is 5.32 Å². The summed E-state index contributed by atoms with van der Waals surface area (Å²) in [5.41, 5.74) is 6.35. The summed E-state index contributed by atoms with van der Waals surface area (Å²) in [4.78, 5) is 28.7. The third-order valence-corrected chi connectivity index (χ3v) is 6.01. The number of hydrogen-bond donors (Lipinski definition) is 1. The molecule has 1 N–H and O–H groups in total.